The van der Waals surface area contributed by atoms with Crippen LogP contribution in [0.5, 0.6) is 5.75 Å². The van der Waals surface area contributed by atoms with E-state index in [4.69, 9.17) is 14.2 Å². The summed E-state index contributed by atoms with van der Waals surface area (Å²) in [5.74, 6) is 0.267. The predicted molar refractivity (Wildman–Crippen MR) is 70.9 cm³/mol. The fourth-order valence-electron chi connectivity index (χ4n) is 1.40. The molecule has 5 nitrogen and oxygen atoms in total. The van der Waals surface area contributed by atoms with E-state index in [2.05, 4.69) is 4.74 Å². The lowest BCUT2D eigenvalue weighted by Crippen LogP contribution is -2.11. The van der Waals surface area contributed by atoms with Crippen LogP contribution in [0, 0.1) is 0 Å². The summed E-state index contributed by atoms with van der Waals surface area (Å²) in [5.41, 5.74) is 0.473. The number of benzene rings is 1. The van der Waals surface area contributed by atoms with Crippen LogP contribution >= 0.6 is 0 Å². The second-order valence-electron chi connectivity index (χ2n) is 3.78. The van der Waals surface area contributed by atoms with Crippen molar-refractivity contribution in [1.29, 1.82) is 0 Å². The Morgan fingerprint density at radius 1 is 1.00 bits per heavy atom. The lowest BCUT2D eigenvalue weighted by Gasteiger charge is -2.07. The van der Waals surface area contributed by atoms with Crippen molar-refractivity contribution in [3.8, 4) is 5.75 Å². The van der Waals surface area contributed by atoms with E-state index in [1.807, 2.05) is 0 Å². The zero-order chi connectivity index (χ0) is 14.6. The number of methoxy groups -OCH3 is 1. The lowest BCUT2D eigenvalue weighted by atomic mass is 10.2. The van der Waals surface area contributed by atoms with E-state index in [0.29, 0.717) is 37.7 Å². The maximum absolute atomic E-state index is 11.7. The smallest absolute Gasteiger partial charge is 0.337 e. The van der Waals surface area contributed by atoms with Gasteiger partial charge in [0.25, 0.3) is 0 Å². The molecule has 0 bridgehead atoms. The third-order valence-corrected chi connectivity index (χ3v) is 2.37. The van der Waals surface area contributed by atoms with E-state index in [1.165, 1.54) is 7.11 Å². The molecule has 0 aliphatic heterocycles. The Labute approximate surface area is 117 Å². The van der Waals surface area contributed by atoms with Gasteiger partial charge in [0, 0.05) is 0 Å². The van der Waals surface area contributed by atoms with Crippen molar-refractivity contribution >= 4 is 5.97 Å². The molecule has 0 aliphatic rings. The minimum Gasteiger partial charge on any atom is -0.491 e. The molecule has 0 aliphatic carbocycles. The molecular weight excluding hydrogens is 267 g/mol. The normalized spacial score (nSPS) is 10.3. The minimum atomic E-state index is -0.481. The standard InChI is InChI=1S/C14H19FO5/c1-17-14(16)12-2-4-13(5-3-12)20-11-10-19-9-8-18-7-6-15/h2-5H,6-11H2,1H3. The van der Waals surface area contributed by atoms with Gasteiger partial charge in [0.05, 0.1) is 39.1 Å². The molecule has 0 heterocycles. The molecule has 0 unspecified atom stereocenters. The van der Waals surface area contributed by atoms with Gasteiger partial charge in [0.1, 0.15) is 19.0 Å². The van der Waals surface area contributed by atoms with Crippen LogP contribution in [-0.2, 0) is 14.2 Å². The maximum atomic E-state index is 11.7. The number of ether oxygens (including phenoxy) is 4. The molecule has 0 atom stereocenters. The van der Waals surface area contributed by atoms with Crippen molar-refractivity contribution in [2.45, 2.75) is 0 Å². The fraction of sp³-hybridized carbons (Fsp3) is 0.500. The maximum Gasteiger partial charge on any atom is 0.337 e. The van der Waals surface area contributed by atoms with Crippen molar-refractivity contribution in [2.24, 2.45) is 0 Å². The van der Waals surface area contributed by atoms with Crippen LogP contribution in [0.2, 0.25) is 0 Å². The van der Waals surface area contributed by atoms with Crippen molar-refractivity contribution in [3.63, 3.8) is 0 Å². The summed E-state index contributed by atoms with van der Waals surface area (Å²) in [6.45, 7) is 1.21. The van der Waals surface area contributed by atoms with Crippen LogP contribution in [0.15, 0.2) is 24.3 Å². The molecule has 1 rings (SSSR count). The molecule has 0 radical (unpaired) electrons. The van der Waals surface area contributed by atoms with Crippen LogP contribution in [0.3, 0.4) is 0 Å². The van der Waals surface area contributed by atoms with Gasteiger partial charge >= 0.3 is 5.97 Å². The molecule has 0 aromatic heterocycles. The first-order chi connectivity index (χ1) is 9.77. The van der Waals surface area contributed by atoms with Gasteiger partial charge < -0.3 is 18.9 Å². The molecule has 1 aromatic carbocycles. The quantitative estimate of drug-likeness (QED) is 0.485. The molecule has 0 spiro atoms. The highest BCUT2D eigenvalue weighted by atomic mass is 19.1. The van der Waals surface area contributed by atoms with E-state index in [0.717, 1.165) is 0 Å². The number of carbonyl (C=O) groups is 1. The summed E-state index contributed by atoms with van der Waals surface area (Å²) in [5, 5.41) is 0. The Morgan fingerprint density at radius 3 is 2.20 bits per heavy atom. The lowest BCUT2D eigenvalue weighted by molar-refractivity contribution is 0.0325. The van der Waals surface area contributed by atoms with Crippen LogP contribution in [-0.4, -0.2) is 52.8 Å². The average molecular weight is 286 g/mol. The number of hydrogen-bond acceptors (Lipinski definition) is 5. The number of carbonyl (C=O) groups excluding carboxylic acids is 1. The third kappa shape index (κ3) is 6.49. The molecule has 0 fully saturated rings. The number of rotatable bonds is 10. The SMILES string of the molecule is COC(=O)c1ccc(OCCOCCOCCF)cc1. The summed E-state index contributed by atoms with van der Waals surface area (Å²) in [7, 11) is 1.33. The van der Waals surface area contributed by atoms with E-state index in [9.17, 15) is 9.18 Å². The Balaban J connectivity index is 2.11. The Morgan fingerprint density at radius 2 is 1.60 bits per heavy atom. The van der Waals surface area contributed by atoms with E-state index >= 15 is 0 Å². The molecule has 0 amide bonds. The van der Waals surface area contributed by atoms with Crippen LogP contribution in [0.25, 0.3) is 0 Å². The zero-order valence-corrected chi connectivity index (χ0v) is 11.5. The highest BCUT2D eigenvalue weighted by Crippen LogP contribution is 2.12. The van der Waals surface area contributed by atoms with Crippen LogP contribution in [0.1, 0.15) is 10.4 Å². The number of esters is 1. The molecule has 20 heavy (non-hydrogen) atoms. The van der Waals surface area contributed by atoms with Gasteiger partial charge in [-0.05, 0) is 24.3 Å². The summed E-state index contributed by atoms with van der Waals surface area (Å²) < 4.78 is 31.9. The van der Waals surface area contributed by atoms with Crippen molar-refractivity contribution < 1.29 is 28.1 Å². The summed E-state index contributed by atoms with van der Waals surface area (Å²) in [6, 6.07) is 6.65. The minimum absolute atomic E-state index is 0.104. The van der Waals surface area contributed by atoms with Crippen LogP contribution in [0.4, 0.5) is 4.39 Å². The van der Waals surface area contributed by atoms with Crippen LogP contribution < -0.4 is 4.74 Å². The summed E-state index contributed by atoms with van der Waals surface area (Å²) in [6.07, 6.45) is 0. The van der Waals surface area contributed by atoms with Gasteiger partial charge in [-0.3, -0.25) is 0 Å². The Hall–Kier alpha value is -1.66. The molecule has 112 valence electrons. The molecule has 0 saturated carbocycles. The fourth-order valence-corrected chi connectivity index (χ4v) is 1.40. The van der Waals surface area contributed by atoms with Gasteiger partial charge in [-0.2, -0.15) is 0 Å². The molecule has 0 N–H and O–H groups in total. The predicted octanol–water partition coefficient (Wildman–Crippen LogP) is 1.85. The summed E-state index contributed by atoms with van der Waals surface area (Å²) >= 11 is 0. The molecule has 1 aromatic rings. The van der Waals surface area contributed by atoms with Crippen molar-refractivity contribution in [3.05, 3.63) is 29.8 Å². The van der Waals surface area contributed by atoms with E-state index in [1.54, 1.807) is 24.3 Å². The monoisotopic (exact) mass is 286 g/mol. The van der Waals surface area contributed by atoms with Crippen molar-refractivity contribution in [1.82, 2.24) is 0 Å². The van der Waals surface area contributed by atoms with Gasteiger partial charge in [-0.25, -0.2) is 9.18 Å². The number of alkyl halides is 1. The number of halogens is 1. The van der Waals surface area contributed by atoms with Gasteiger partial charge in [-0.15, -0.1) is 0 Å². The largest absolute Gasteiger partial charge is 0.491 e. The highest BCUT2D eigenvalue weighted by Gasteiger charge is 2.04. The number of hydrogen-bond donors (Lipinski definition) is 0. The molecular formula is C14H19FO5. The van der Waals surface area contributed by atoms with E-state index < -0.39 is 6.67 Å². The van der Waals surface area contributed by atoms with E-state index in [-0.39, 0.29) is 12.6 Å². The highest BCUT2D eigenvalue weighted by molar-refractivity contribution is 5.89. The molecule has 0 saturated heterocycles. The second kappa shape index (κ2) is 10.2. The zero-order valence-electron chi connectivity index (χ0n) is 11.5. The Bertz CT molecular complexity index is 380. The first-order valence-corrected chi connectivity index (χ1v) is 6.30. The topological polar surface area (TPSA) is 54.0 Å². The molecule has 6 heteroatoms. The van der Waals surface area contributed by atoms with Crippen molar-refractivity contribution in [2.75, 3.05) is 46.8 Å². The van der Waals surface area contributed by atoms with Gasteiger partial charge in [-0.1, -0.05) is 0 Å². The second-order valence-corrected chi connectivity index (χ2v) is 3.78. The first-order valence-electron chi connectivity index (χ1n) is 6.30. The third-order valence-electron chi connectivity index (χ3n) is 2.37. The Kier molecular flexibility index (Phi) is 8.33. The average Bonchev–Trinajstić information content (AvgIpc) is 2.50. The van der Waals surface area contributed by atoms with Gasteiger partial charge in [0.2, 0.25) is 0 Å². The van der Waals surface area contributed by atoms with Gasteiger partial charge in [0.15, 0.2) is 0 Å². The first kappa shape index (κ1) is 16.4. The summed E-state index contributed by atoms with van der Waals surface area (Å²) in [4.78, 5) is 11.2.